The maximum absolute atomic E-state index is 12.7. The molecule has 124 valence electrons. The largest absolute Gasteiger partial charge is 0.349 e. The lowest BCUT2D eigenvalue weighted by Crippen LogP contribution is -2.44. The van der Waals surface area contributed by atoms with Crippen LogP contribution in [0, 0.1) is 0 Å². The average Bonchev–Trinajstić information content (AvgIpc) is 2.98. The molecule has 0 aliphatic carbocycles. The lowest BCUT2D eigenvalue weighted by molar-refractivity contribution is -0.141. The molecule has 0 spiro atoms. The first-order valence-corrected chi connectivity index (χ1v) is 8.21. The van der Waals surface area contributed by atoms with Crippen LogP contribution in [-0.2, 0) is 27.2 Å². The number of amides is 1. The molecule has 2 atom stereocenters. The monoisotopic (exact) mass is 343 g/mol. The third-order valence-electron chi connectivity index (χ3n) is 4.09. The van der Waals surface area contributed by atoms with Crippen LogP contribution in [0.25, 0.3) is 0 Å². The average molecular weight is 344 g/mol. The van der Waals surface area contributed by atoms with Crippen LogP contribution in [0.4, 0.5) is 0 Å². The lowest BCUT2D eigenvalue weighted by Gasteiger charge is -2.26. The molecular weight excluding hydrogens is 326 g/mol. The van der Waals surface area contributed by atoms with Gasteiger partial charge < -0.3 is 9.64 Å². The molecule has 2 aromatic rings. The van der Waals surface area contributed by atoms with Crippen molar-refractivity contribution in [3.05, 3.63) is 70.7 Å². The van der Waals surface area contributed by atoms with E-state index in [1.807, 2.05) is 42.5 Å². The number of hydrogen-bond donors (Lipinski definition) is 0. The first-order valence-electron chi connectivity index (χ1n) is 7.84. The van der Waals surface area contributed by atoms with Gasteiger partial charge in [-0.15, -0.1) is 0 Å². The second-order valence-electron chi connectivity index (χ2n) is 5.81. The Labute approximate surface area is 146 Å². The smallest absolute Gasteiger partial charge is 0.229 e. The minimum Gasteiger partial charge on any atom is -0.349 e. The molecule has 5 heteroatoms. The number of carbonyl (C=O) groups excluding carboxylic acids is 2. The van der Waals surface area contributed by atoms with Crippen molar-refractivity contribution in [2.24, 2.45) is 0 Å². The number of hydrogen-bond acceptors (Lipinski definition) is 3. The Hall–Kier alpha value is -2.17. The first-order chi connectivity index (χ1) is 11.7. The van der Waals surface area contributed by atoms with E-state index in [2.05, 4.69) is 0 Å². The molecule has 0 N–H and O–H groups in total. The predicted molar refractivity (Wildman–Crippen MR) is 91.7 cm³/mol. The van der Waals surface area contributed by atoms with Crippen molar-refractivity contribution in [2.45, 2.75) is 25.1 Å². The van der Waals surface area contributed by atoms with E-state index in [9.17, 15) is 9.59 Å². The Kier molecular flexibility index (Phi) is 5.28. The lowest BCUT2D eigenvalue weighted by atomic mass is 10.0. The summed E-state index contributed by atoms with van der Waals surface area (Å²) in [5.74, 6) is -0.132. The minimum absolute atomic E-state index is 0.132. The molecule has 0 aromatic heterocycles. The summed E-state index contributed by atoms with van der Waals surface area (Å²) in [6.07, 6.45) is 0.720. The van der Waals surface area contributed by atoms with Crippen molar-refractivity contribution in [3.8, 4) is 0 Å². The van der Waals surface area contributed by atoms with E-state index in [4.69, 9.17) is 16.3 Å². The highest BCUT2D eigenvalue weighted by Gasteiger charge is 2.37. The van der Waals surface area contributed by atoms with Gasteiger partial charge in [-0.05, 0) is 29.7 Å². The van der Waals surface area contributed by atoms with Crippen LogP contribution >= 0.6 is 11.6 Å². The van der Waals surface area contributed by atoms with Crippen molar-refractivity contribution in [1.29, 1.82) is 0 Å². The van der Waals surface area contributed by atoms with E-state index >= 15 is 0 Å². The Balaban J connectivity index is 1.75. The van der Waals surface area contributed by atoms with Crippen molar-refractivity contribution < 1.29 is 14.3 Å². The van der Waals surface area contributed by atoms with E-state index in [1.54, 1.807) is 17.0 Å². The van der Waals surface area contributed by atoms with Gasteiger partial charge in [0.05, 0.1) is 19.1 Å². The molecule has 2 aromatic carbocycles. The third-order valence-corrected chi connectivity index (χ3v) is 4.32. The summed E-state index contributed by atoms with van der Waals surface area (Å²) < 4.78 is 5.49. The summed E-state index contributed by atoms with van der Waals surface area (Å²) in [5.41, 5.74) is 1.93. The minimum atomic E-state index is -0.814. The molecule has 1 saturated heterocycles. The summed E-state index contributed by atoms with van der Waals surface area (Å²) in [4.78, 5) is 25.6. The molecule has 1 amide bonds. The number of rotatable bonds is 5. The molecular formula is C19H18ClNO3. The molecule has 0 radical (unpaired) electrons. The molecule has 4 nitrogen and oxygen atoms in total. The maximum atomic E-state index is 12.7. The van der Waals surface area contributed by atoms with Crippen molar-refractivity contribution in [2.75, 3.05) is 6.61 Å². The van der Waals surface area contributed by atoms with E-state index < -0.39 is 6.23 Å². The van der Waals surface area contributed by atoms with Gasteiger partial charge in [0.1, 0.15) is 0 Å². The summed E-state index contributed by atoms with van der Waals surface area (Å²) in [5, 5.41) is 0.589. The zero-order valence-corrected chi connectivity index (χ0v) is 13.9. The van der Waals surface area contributed by atoms with Crippen LogP contribution in [-0.4, -0.2) is 36.0 Å². The molecule has 24 heavy (non-hydrogen) atoms. The molecule has 1 fully saturated rings. The predicted octanol–water partition coefficient (Wildman–Crippen LogP) is 2.88. The van der Waals surface area contributed by atoms with Gasteiger partial charge in [-0.2, -0.15) is 0 Å². The van der Waals surface area contributed by atoms with Gasteiger partial charge in [0.25, 0.3) is 0 Å². The van der Waals surface area contributed by atoms with Gasteiger partial charge in [0.2, 0.25) is 5.91 Å². The number of benzene rings is 2. The summed E-state index contributed by atoms with van der Waals surface area (Å²) in [6.45, 7) is 0.361. The van der Waals surface area contributed by atoms with Crippen LogP contribution in [0.3, 0.4) is 0 Å². The highest BCUT2D eigenvalue weighted by molar-refractivity contribution is 6.30. The van der Waals surface area contributed by atoms with Crippen LogP contribution < -0.4 is 0 Å². The highest BCUT2D eigenvalue weighted by Crippen LogP contribution is 2.22. The van der Waals surface area contributed by atoms with E-state index in [0.717, 1.165) is 11.1 Å². The van der Waals surface area contributed by atoms with Gasteiger partial charge in [0.15, 0.2) is 12.5 Å². The zero-order valence-electron chi connectivity index (χ0n) is 13.1. The second-order valence-corrected chi connectivity index (χ2v) is 6.25. The van der Waals surface area contributed by atoms with Gasteiger partial charge in [-0.1, -0.05) is 54.1 Å². The van der Waals surface area contributed by atoms with Crippen LogP contribution in [0.2, 0.25) is 5.02 Å². The Morgan fingerprint density at radius 3 is 2.62 bits per heavy atom. The van der Waals surface area contributed by atoms with Crippen LogP contribution in [0.15, 0.2) is 54.6 Å². The Morgan fingerprint density at radius 2 is 1.92 bits per heavy atom. The molecule has 1 aliphatic rings. The maximum Gasteiger partial charge on any atom is 0.229 e. The van der Waals surface area contributed by atoms with Crippen molar-refractivity contribution >= 4 is 23.8 Å². The van der Waals surface area contributed by atoms with Gasteiger partial charge in [-0.3, -0.25) is 9.59 Å². The molecule has 0 saturated carbocycles. The topological polar surface area (TPSA) is 46.6 Å². The number of carbonyl (C=O) groups is 2. The zero-order chi connectivity index (χ0) is 16.9. The van der Waals surface area contributed by atoms with E-state index in [0.29, 0.717) is 24.3 Å². The molecule has 2 unspecified atom stereocenters. The highest BCUT2D eigenvalue weighted by atomic mass is 35.5. The third kappa shape index (κ3) is 3.83. The second kappa shape index (κ2) is 7.60. The number of nitrogens with zero attached hydrogens (tertiary/aromatic N) is 1. The quantitative estimate of drug-likeness (QED) is 0.784. The number of aldehydes is 1. The fourth-order valence-corrected chi connectivity index (χ4v) is 3.20. The Morgan fingerprint density at radius 1 is 1.17 bits per heavy atom. The van der Waals surface area contributed by atoms with Gasteiger partial charge in [-0.25, -0.2) is 0 Å². The van der Waals surface area contributed by atoms with Crippen molar-refractivity contribution in [1.82, 2.24) is 4.90 Å². The number of ether oxygens (including phenoxy) is 1. The SMILES string of the molecule is O=CC1OCC(Cc2ccccc2)N1C(=O)Cc1cccc(Cl)c1. The van der Waals surface area contributed by atoms with E-state index in [-0.39, 0.29) is 18.4 Å². The van der Waals surface area contributed by atoms with Gasteiger partial charge >= 0.3 is 0 Å². The van der Waals surface area contributed by atoms with Crippen molar-refractivity contribution in [3.63, 3.8) is 0 Å². The van der Waals surface area contributed by atoms with Crippen LogP contribution in [0.1, 0.15) is 11.1 Å². The van der Waals surface area contributed by atoms with Gasteiger partial charge in [0, 0.05) is 5.02 Å². The molecule has 3 rings (SSSR count). The number of halogens is 1. The summed E-state index contributed by atoms with van der Waals surface area (Å²) in [6, 6.07) is 16.9. The van der Waals surface area contributed by atoms with Crippen LogP contribution in [0.5, 0.6) is 0 Å². The Bertz CT molecular complexity index is 720. The standard InChI is InChI=1S/C19H18ClNO3/c20-16-8-4-7-15(9-16)11-18(23)21-17(13-24-19(21)12-22)10-14-5-2-1-3-6-14/h1-9,12,17,19H,10-11,13H2. The molecule has 1 heterocycles. The molecule has 1 aliphatic heterocycles. The molecule has 0 bridgehead atoms. The fourth-order valence-electron chi connectivity index (χ4n) is 2.98. The summed E-state index contributed by atoms with van der Waals surface area (Å²) >= 11 is 5.97. The van der Waals surface area contributed by atoms with E-state index in [1.165, 1.54) is 0 Å². The fraction of sp³-hybridized carbons (Fsp3) is 0.263. The normalized spacial score (nSPS) is 20.1. The summed E-state index contributed by atoms with van der Waals surface area (Å²) in [7, 11) is 0. The first kappa shape index (κ1) is 16.7.